The van der Waals surface area contributed by atoms with E-state index in [2.05, 4.69) is 23.5 Å². The third-order valence-corrected chi connectivity index (χ3v) is 5.04. The monoisotopic (exact) mass is 350 g/mol. The van der Waals surface area contributed by atoms with E-state index in [-0.39, 0.29) is 6.04 Å². The first kappa shape index (κ1) is 18.2. The van der Waals surface area contributed by atoms with E-state index in [4.69, 9.17) is 0 Å². The topological polar surface area (TPSA) is 49.4 Å². The summed E-state index contributed by atoms with van der Waals surface area (Å²) >= 11 is 0. The number of anilines is 1. The summed E-state index contributed by atoms with van der Waals surface area (Å²) in [6.07, 6.45) is 4.70. The van der Waals surface area contributed by atoms with Crippen molar-refractivity contribution in [1.82, 2.24) is 5.32 Å². The molecule has 1 atom stereocenters. The largest absolute Gasteiger partial charge is 0.341 e. The number of nitrogens with one attached hydrogen (secondary N) is 1. The maximum absolute atomic E-state index is 12.6. The zero-order chi connectivity index (χ0) is 18.5. The fourth-order valence-corrected chi connectivity index (χ4v) is 3.54. The van der Waals surface area contributed by atoms with Crippen LogP contribution >= 0.6 is 0 Å². The summed E-state index contributed by atoms with van der Waals surface area (Å²) < 4.78 is 0. The number of carbonyl (C=O) groups is 2. The highest BCUT2D eigenvalue weighted by Crippen LogP contribution is 2.25. The Kier molecular flexibility index (Phi) is 5.71. The van der Waals surface area contributed by atoms with Crippen LogP contribution in [-0.2, 0) is 22.4 Å². The summed E-state index contributed by atoms with van der Waals surface area (Å²) in [5.41, 5.74) is 4.57. The molecule has 0 aromatic heterocycles. The molecule has 1 aliphatic carbocycles. The molecule has 3 rings (SSSR count). The zero-order valence-electron chi connectivity index (χ0n) is 15.5. The summed E-state index contributed by atoms with van der Waals surface area (Å²) in [6, 6.07) is 15.5. The molecule has 0 spiro atoms. The summed E-state index contributed by atoms with van der Waals surface area (Å²) in [6.45, 7) is 4.24. The SMILES string of the molecule is CCN(C(=O)C(=O)NC(C)c1ccc2c(c1)CCCC2)c1ccccc1. The van der Waals surface area contributed by atoms with E-state index >= 15 is 0 Å². The van der Waals surface area contributed by atoms with Crippen molar-refractivity contribution in [2.75, 3.05) is 11.4 Å². The number of amides is 2. The second-order valence-electron chi connectivity index (χ2n) is 6.82. The Morgan fingerprint density at radius 2 is 1.73 bits per heavy atom. The van der Waals surface area contributed by atoms with Crippen molar-refractivity contribution in [2.24, 2.45) is 0 Å². The Morgan fingerprint density at radius 1 is 1.04 bits per heavy atom. The van der Waals surface area contributed by atoms with Gasteiger partial charge in [-0.05, 0) is 68.4 Å². The summed E-state index contributed by atoms with van der Waals surface area (Å²) in [7, 11) is 0. The van der Waals surface area contributed by atoms with Gasteiger partial charge in [0.05, 0.1) is 6.04 Å². The molecule has 1 N–H and O–H groups in total. The Hall–Kier alpha value is -2.62. The van der Waals surface area contributed by atoms with Gasteiger partial charge in [0, 0.05) is 12.2 Å². The molecule has 0 bridgehead atoms. The zero-order valence-corrected chi connectivity index (χ0v) is 15.5. The number of carbonyl (C=O) groups excluding carboxylic acids is 2. The molecule has 0 saturated carbocycles. The van der Waals surface area contributed by atoms with Crippen LogP contribution in [0.4, 0.5) is 5.69 Å². The van der Waals surface area contributed by atoms with Crippen LogP contribution < -0.4 is 10.2 Å². The van der Waals surface area contributed by atoms with E-state index in [1.807, 2.05) is 44.2 Å². The van der Waals surface area contributed by atoms with Crippen molar-refractivity contribution in [3.63, 3.8) is 0 Å². The minimum Gasteiger partial charge on any atom is -0.341 e. The standard InChI is InChI=1S/C22H26N2O2/c1-3-24(20-11-5-4-6-12-20)22(26)21(25)23-16(2)18-14-13-17-9-7-8-10-19(17)15-18/h4-6,11-16H,3,7-10H2,1-2H3,(H,23,25). The van der Waals surface area contributed by atoms with Crippen molar-refractivity contribution < 1.29 is 9.59 Å². The van der Waals surface area contributed by atoms with Gasteiger partial charge < -0.3 is 10.2 Å². The summed E-state index contributed by atoms with van der Waals surface area (Å²) in [5, 5.41) is 2.86. The lowest BCUT2D eigenvalue weighted by Crippen LogP contribution is -2.43. The maximum atomic E-state index is 12.6. The number of nitrogens with zero attached hydrogens (tertiary/aromatic N) is 1. The van der Waals surface area contributed by atoms with Gasteiger partial charge in [-0.2, -0.15) is 0 Å². The number of likely N-dealkylation sites (N-methyl/N-ethyl adjacent to an activating group) is 1. The molecule has 0 saturated heterocycles. The second kappa shape index (κ2) is 8.17. The lowest BCUT2D eigenvalue weighted by Gasteiger charge is -2.23. The molecule has 4 nitrogen and oxygen atoms in total. The second-order valence-corrected chi connectivity index (χ2v) is 6.82. The van der Waals surface area contributed by atoms with Gasteiger partial charge in [0.15, 0.2) is 0 Å². The maximum Gasteiger partial charge on any atom is 0.316 e. The van der Waals surface area contributed by atoms with Crippen LogP contribution in [0.5, 0.6) is 0 Å². The molecule has 0 aliphatic heterocycles. The number of rotatable bonds is 4. The molecule has 2 aromatic carbocycles. The van der Waals surface area contributed by atoms with Gasteiger partial charge in [0.2, 0.25) is 0 Å². The van der Waals surface area contributed by atoms with Gasteiger partial charge in [0.1, 0.15) is 0 Å². The van der Waals surface area contributed by atoms with E-state index in [1.165, 1.54) is 28.9 Å². The number of aryl methyl sites for hydroxylation is 2. The highest BCUT2D eigenvalue weighted by Gasteiger charge is 2.24. The predicted molar refractivity (Wildman–Crippen MR) is 104 cm³/mol. The number of benzene rings is 2. The summed E-state index contributed by atoms with van der Waals surface area (Å²) in [4.78, 5) is 26.6. The minimum absolute atomic E-state index is 0.201. The van der Waals surface area contributed by atoms with Gasteiger partial charge in [-0.1, -0.05) is 36.4 Å². The van der Waals surface area contributed by atoms with Crippen molar-refractivity contribution in [2.45, 2.75) is 45.6 Å². The van der Waals surface area contributed by atoms with E-state index in [1.54, 1.807) is 0 Å². The van der Waals surface area contributed by atoms with Crippen LogP contribution in [0.2, 0.25) is 0 Å². The normalized spacial score (nSPS) is 14.2. The first-order chi connectivity index (χ1) is 12.6. The highest BCUT2D eigenvalue weighted by molar-refractivity contribution is 6.40. The summed E-state index contributed by atoms with van der Waals surface area (Å²) in [5.74, 6) is -1.09. The lowest BCUT2D eigenvalue weighted by atomic mass is 9.89. The molecule has 0 heterocycles. The van der Waals surface area contributed by atoms with Crippen molar-refractivity contribution in [3.05, 3.63) is 65.2 Å². The highest BCUT2D eigenvalue weighted by atomic mass is 16.2. The van der Waals surface area contributed by atoms with Crippen molar-refractivity contribution in [3.8, 4) is 0 Å². The van der Waals surface area contributed by atoms with Crippen molar-refractivity contribution >= 4 is 17.5 Å². The molecule has 0 fully saturated rings. The molecule has 2 amide bonds. The molecule has 0 radical (unpaired) electrons. The first-order valence-electron chi connectivity index (χ1n) is 9.39. The van der Waals surface area contributed by atoms with E-state index in [9.17, 15) is 9.59 Å². The van der Waals surface area contributed by atoms with Crippen LogP contribution in [0.3, 0.4) is 0 Å². The predicted octanol–water partition coefficient (Wildman–Crippen LogP) is 3.80. The van der Waals surface area contributed by atoms with Gasteiger partial charge in [-0.25, -0.2) is 0 Å². The molecular formula is C22H26N2O2. The van der Waals surface area contributed by atoms with Gasteiger partial charge in [-0.3, -0.25) is 9.59 Å². The number of para-hydroxylation sites is 1. The molecule has 1 unspecified atom stereocenters. The quantitative estimate of drug-likeness (QED) is 0.853. The van der Waals surface area contributed by atoms with E-state index in [0.29, 0.717) is 6.54 Å². The minimum atomic E-state index is -0.569. The van der Waals surface area contributed by atoms with Crippen LogP contribution in [0.1, 0.15) is 49.4 Å². The molecule has 4 heteroatoms. The van der Waals surface area contributed by atoms with E-state index < -0.39 is 11.8 Å². The average molecular weight is 350 g/mol. The average Bonchev–Trinajstić information content (AvgIpc) is 2.68. The van der Waals surface area contributed by atoms with Crippen LogP contribution in [0, 0.1) is 0 Å². The molecule has 1 aliphatic rings. The number of hydrogen-bond acceptors (Lipinski definition) is 2. The molecule has 136 valence electrons. The Morgan fingerprint density at radius 3 is 2.42 bits per heavy atom. The Balaban J connectivity index is 1.69. The molecule has 26 heavy (non-hydrogen) atoms. The first-order valence-corrected chi connectivity index (χ1v) is 9.39. The number of hydrogen-bond donors (Lipinski definition) is 1. The Bertz CT molecular complexity index is 786. The lowest BCUT2D eigenvalue weighted by molar-refractivity contribution is -0.138. The van der Waals surface area contributed by atoms with Gasteiger partial charge in [0.25, 0.3) is 0 Å². The fraction of sp³-hybridized carbons (Fsp3) is 0.364. The van der Waals surface area contributed by atoms with E-state index in [0.717, 1.165) is 24.1 Å². The smallest absolute Gasteiger partial charge is 0.316 e. The van der Waals surface area contributed by atoms with Gasteiger partial charge in [-0.15, -0.1) is 0 Å². The third kappa shape index (κ3) is 3.96. The van der Waals surface area contributed by atoms with Crippen LogP contribution in [0.15, 0.2) is 48.5 Å². The van der Waals surface area contributed by atoms with Crippen molar-refractivity contribution in [1.29, 1.82) is 0 Å². The fourth-order valence-electron chi connectivity index (χ4n) is 3.54. The van der Waals surface area contributed by atoms with Gasteiger partial charge >= 0.3 is 11.8 Å². The number of fused-ring (bicyclic) bond motifs is 1. The molecular weight excluding hydrogens is 324 g/mol. The van der Waals surface area contributed by atoms with Crippen LogP contribution in [0.25, 0.3) is 0 Å². The van der Waals surface area contributed by atoms with Crippen LogP contribution in [-0.4, -0.2) is 18.4 Å². The molecule has 2 aromatic rings. The third-order valence-electron chi connectivity index (χ3n) is 5.04. The Labute approximate surface area is 155 Å².